The fourth-order valence-corrected chi connectivity index (χ4v) is 1.95. The van der Waals surface area contributed by atoms with Crippen molar-refractivity contribution in [3.8, 4) is 5.75 Å². The Kier molecular flexibility index (Phi) is 3.74. The molecule has 2 rings (SSSR count). The van der Waals surface area contributed by atoms with Crippen LogP contribution in [0.2, 0.25) is 0 Å². The van der Waals surface area contributed by atoms with Crippen molar-refractivity contribution in [3.05, 3.63) is 35.8 Å². The zero-order valence-electron chi connectivity index (χ0n) is 12.3. The highest BCUT2D eigenvalue weighted by atomic mass is 16.7. The Morgan fingerprint density at radius 2 is 1.63 bits per heavy atom. The lowest BCUT2D eigenvalue weighted by molar-refractivity contribution is 0.00578. The van der Waals surface area contributed by atoms with Crippen LogP contribution >= 0.6 is 0 Å². The molecule has 1 aliphatic rings. The summed E-state index contributed by atoms with van der Waals surface area (Å²) in [4.78, 5) is 0. The van der Waals surface area contributed by atoms with Gasteiger partial charge in [-0.15, -0.1) is 0 Å². The lowest BCUT2D eigenvalue weighted by Gasteiger charge is -2.32. The lowest BCUT2D eigenvalue weighted by atomic mass is 9.89. The number of para-hydroxylation sites is 1. The fourth-order valence-electron chi connectivity index (χ4n) is 1.95. The maximum Gasteiger partial charge on any atom is 0.487 e. The first-order chi connectivity index (χ1) is 8.86. The Morgan fingerprint density at radius 3 is 2.21 bits per heavy atom. The predicted octanol–water partition coefficient (Wildman–Crippen LogP) is 3.34. The normalized spacial score (nSPS) is 21.0. The van der Waals surface area contributed by atoms with Gasteiger partial charge in [-0.1, -0.05) is 30.3 Å². The minimum atomic E-state index is -0.324. The number of hydrogen-bond donors (Lipinski definition) is 0. The molecule has 0 unspecified atom stereocenters. The van der Waals surface area contributed by atoms with Gasteiger partial charge >= 0.3 is 7.12 Å². The van der Waals surface area contributed by atoms with E-state index in [0.717, 1.165) is 11.3 Å². The van der Waals surface area contributed by atoms with Gasteiger partial charge in [-0.2, -0.15) is 0 Å². The van der Waals surface area contributed by atoms with Crippen molar-refractivity contribution in [2.45, 2.75) is 38.9 Å². The van der Waals surface area contributed by atoms with Crippen LogP contribution in [0, 0.1) is 0 Å². The second kappa shape index (κ2) is 5.02. The van der Waals surface area contributed by atoms with E-state index in [4.69, 9.17) is 14.0 Å². The van der Waals surface area contributed by atoms with E-state index in [1.54, 1.807) is 7.11 Å². The number of ether oxygens (including phenoxy) is 1. The molecular weight excluding hydrogens is 239 g/mol. The SMILES string of the molecule is COc1ccccc1C=CB1OC(C)(C)C(C)(C)O1. The Hall–Kier alpha value is -1.26. The summed E-state index contributed by atoms with van der Waals surface area (Å²) < 4.78 is 17.1. The van der Waals surface area contributed by atoms with Gasteiger partial charge in [0.1, 0.15) is 5.75 Å². The molecule has 0 spiro atoms. The molecule has 0 aromatic heterocycles. The Bertz CT molecular complexity index is 464. The molecule has 102 valence electrons. The van der Waals surface area contributed by atoms with Crippen molar-refractivity contribution in [2.24, 2.45) is 0 Å². The van der Waals surface area contributed by atoms with Crippen molar-refractivity contribution in [1.82, 2.24) is 0 Å². The number of rotatable bonds is 3. The van der Waals surface area contributed by atoms with Gasteiger partial charge in [0.2, 0.25) is 0 Å². The summed E-state index contributed by atoms with van der Waals surface area (Å²) in [6.07, 6.45) is 1.97. The van der Waals surface area contributed by atoms with Crippen molar-refractivity contribution >= 4 is 13.2 Å². The van der Waals surface area contributed by atoms with Gasteiger partial charge in [0, 0.05) is 5.56 Å². The van der Waals surface area contributed by atoms with E-state index in [2.05, 4.69) is 0 Å². The quantitative estimate of drug-likeness (QED) is 0.780. The summed E-state index contributed by atoms with van der Waals surface area (Å²) in [6, 6.07) is 7.86. The minimum absolute atomic E-state index is 0.303. The van der Waals surface area contributed by atoms with E-state index in [9.17, 15) is 0 Å². The van der Waals surface area contributed by atoms with E-state index in [0.29, 0.717) is 0 Å². The first-order valence-corrected chi connectivity index (χ1v) is 6.52. The number of methoxy groups -OCH3 is 1. The molecule has 0 amide bonds. The van der Waals surface area contributed by atoms with Crippen LogP contribution < -0.4 is 4.74 Å². The van der Waals surface area contributed by atoms with E-state index >= 15 is 0 Å². The molecular formula is C15H21BO3. The highest BCUT2D eigenvalue weighted by Crippen LogP contribution is 2.37. The summed E-state index contributed by atoms with van der Waals surface area (Å²) in [5.74, 6) is 2.77. The second-order valence-corrected chi connectivity index (χ2v) is 5.73. The van der Waals surface area contributed by atoms with E-state index in [-0.39, 0.29) is 18.3 Å². The predicted molar refractivity (Wildman–Crippen MR) is 78.1 cm³/mol. The average Bonchev–Trinajstić information content (AvgIpc) is 2.55. The smallest absolute Gasteiger partial charge is 0.487 e. The highest BCUT2D eigenvalue weighted by Gasteiger charge is 2.49. The first kappa shape index (κ1) is 14.2. The molecule has 1 aromatic carbocycles. The summed E-state index contributed by atoms with van der Waals surface area (Å²) >= 11 is 0. The van der Waals surface area contributed by atoms with Crippen LogP contribution in [0.5, 0.6) is 5.75 Å². The standard InChI is InChI=1S/C15H21BO3/c1-14(2)15(3,4)19-16(18-14)11-10-12-8-6-7-9-13(12)17-5/h6-11H,1-5H3. The number of benzene rings is 1. The molecule has 3 nitrogen and oxygen atoms in total. The monoisotopic (exact) mass is 260 g/mol. The molecule has 19 heavy (non-hydrogen) atoms. The molecule has 1 aromatic rings. The lowest BCUT2D eigenvalue weighted by Crippen LogP contribution is -2.41. The van der Waals surface area contributed by atoms with Gasteiger partial charge in [-0.25, -0.2) is 0 Å². The molecule has 0 N–H and O–H groups in total. The third-order valence-electron chi connectivity index (χ3n) is 3.84. The van der Waals surface area contributed by atoms with Crippen LogP contribution in [0.1, 0.15) is 33.3 Å². The molecule has 0 saturated carbocycles. The van der Waals surface area contributed by atoms with Gasteiger partial charge in [0.15, 0.2) is 0 Å². The Balaban J connectivity index is 2.13. The van der Waals surface area contributed by atoms with Crippen LogP contribution in [0.4, 0.5) is 0 Å². The molecule has 0 aliphatic carbocycles. The minimum Gasteiger partial charge on any atom is -0.496 e. The highest BCUT2D eigenvalue weighted by molar-refractivity contribution is 6.52. The molecule has 4 heteroatoms. The molecule has 1 fully saturated rings. The van der Waals surface area contributed by atoms with Gasteiger partial charge in [-0.05, 0) is 33.8 Å². The van der Waals surface area contributed by atoms with Gasteiger partial charge in [-0.3, -0.25) is 0 Å². The van der Waals surface area contributed by atoms with Gasteiger partial charge in [0.25, 0.3) is 0 Å². The third kappa shape index (κ3) is 2.85. The average molecular weight is 260 g/mol. The zero-order chi connectivity index (χ0) is 14.1. The zero-order valence-corrected chi connectivity index (χ0v) is 12.3. The van der Waals surface area contributed by atoms with Crippen LogP contribution in [-0.2, 0) is 9.31 Å². The van der Waals surface area contributed by atoms with Crippen molar-refractivity contribution < 1.29 is 14.0 Å². The molecule has 0 atom stereocenters. The first-order valence-electron chi connectivity index (χ1n) is 6.52. The molecule has 1 saturated heterocycles. The van der Waals surface area contributed by atoms with E-state index < -0.39 is 0 Å². The summed E-state index contributed by atoms with van der Waals surface area (Å²) in [6.45, 7) is 8.18. The topological polar surface area (TPSA) is 27.7 Å². The van der Waals surface area contributed by atoms with Crippen LogP contribution in [0.15, 0.2) is 30.2 Å². The Morgan fingerprint density at radius 1 is 1.05 bits per heavy atom. The van der Waals surface area contributed by atoms with Crippen LogP contribution in [0.25, 0.3) is 6.08 Å². The van der Waals surface area contributed by atoms with Gasteiger partial charge in [0.05, 0.1) is 18.3 Å². The molecule has 0 bridgehead atoms. The second-order valence-electron chi connectivity index (χ2n) is 5.73. The third-order valence-corrected chi connectivity index (χ3v) is 3.84. The van der Waals surface area contributed by atoms with Crippen molar-refractivity contribution in [2.75, 3.05) is 7.11 Å². The largest absolute Gasteiger partial charge is 0.496 e. The maximum atomic E-state index is 5.91. The molecule has 1 aliphatic heterocycles. The van der Waals surface area contributed by atoms with Crippen molar-refractivity contribution in [3.63, 3.8) is 0 Å². The molecule has 0 radical (unpaired) electrons. The maximum absolute atomic E-state index is 5.91. The number of hydrogen-bond acceptors (Lipinski definition) is 3. The summed E-state index contributed by atoms with van der Waals surface area (Å²) in [5.41, 5.74) is 0.408. The molecule has 1 heterocycles. The van der Waals surface area contributed by atoms with Crippen molar-refractivity contribution in [1.29, 1.82) is 0 Å². The van der Waals surface area contributed by atoms with E-state index in [1.165, 1.54) is 0 Å². The summed E-state index contributed by atoms with van der Waals surface area (Å²) in [5, 5.41) is 0. The van der Waals surface area contributed by atoms with Crippen LogP contribution in [-0.4, -0.2) is 25.4 Å². The summed E-state index contributed by atoms with van der Waals surface area (Å²) in [7, 11) is 1.34. The Labute approximate surface area is 115 Å². The van der Waals surface area contributed by atoms with Gasteiger partial charge < -0.3 is 14.0 Å². The fraction of sp³-hybridized carbons (Fsp3) is 0.467. The van der Waals surface area contributed by atoms with E-state index in [1.807, 2.05) is 64.0 Å². The van der Waals surface area contributed by atoms with Crippen LogP contribution in [0.3, 0.4) is 0 Å².